The number of ether oxygens (including phenoxy) is 3. The minimum Gasteiger partial charge on any atom is -0.462 e. The second kappa shape index (κ2) is 57.4. The number of rotatable bonds is 53. The van der Waals surface area contributed by atoms with Gasteiger partial charge in [0, 0.05) is 19.3 Å². The van der Waals surface area contributed by atoms with Crippen LogP contribution in [0.1, 0.15) is 290 Å². The van der Waals surface area contributed by atoms with E-state index in [0.29, 0.717) is 19.3 Å². The minimum atomic E-state index is -0.805. The van der Waals surface area contributed by atoms with E-state index in [0.717, 1.165) is 77.0 Å². The van der Waals surface area contributed by atoms with Gasteiger partial charge >= 0.3 is 17.9 Å². The van der Waals surface area contributed by atoms with Crippen molar-refractivity contribution in [3.05, 3.63) is 72.9 Å². The monoisotopic (exact) mass is 963 g/mol. The lowest BCUT2D eigenvalue weighted by atomic mass is 10.0. The normalized spacial score (nSPS) is 12.6. The van der Waals surface area contributed by atoms with Crippen molar-refractivity contribution in [1.29, 1.82) is 0 Å². The summed E-state index contributed by atoms with van der Waals surface area (Å²) in [5.74, 6) is -0.949. The molecule has 0 N–H and O–H groups in total. The predicted octanol–water partition coefficient (Wildman–Crippen LogP) is 19.8. The zero-order valence-corrected chi connectivity index (χ0v) is 45.6. The molecule has 0 heterocycles. The molecule has 0 aromatic carbocycles. The Bertz CT molecular complexity index is 1290. The molecule has 69 heavy (non-hydrogen) atoms. The summed E-state index contributed by atoms with van der Waals surface area (Å²) in [6, 6.07) is 0. The molecule has 0 aromatic heterocycles. The first kappa shape index (κ1) is 65.8. The fourth-order valence-electron chi connectivity index (χ4n) is 8.30. The van der Waals surface area contributed by atoms with Crippen LogP contribution in [-0.4, -0.2) is 37.2 Å². The molecule has 0 amide bonds. The number of allylic oxidation sites excluding steroid dienone is 12. The number of esters is 3. The molecule has 0 aliphatic heterocycles. The van der Waals surface area contributed by atoms with Crippen molar-refractivity contribution in [2.75, 3.05) is 13.2 Å². The maximum absolute atomic E-state index is 12.8. The van der Waals surface area contributed by atoms with Gasteiger partial charge in [0.1, 0.15) is 13.2 Å². The van der Waals surface area contributed by atoms with Crippen LogP contribution in [0, 0.1) is 0 Å². The van der Waals surface area contributed by atoms with E-state index in [1.165, 1.54) is 167 Å². The van der Waals surface area contributed by atoms with Crippen molar-refractivity contribution < 1.29 is 28.6 Å². The van der Waals surface area contributed by atoms with E-state index in [-0.39, 0.29) is 37.5 Å². The Morgan fingerprint density at radius 1 is 0.304 bits per heavy atom. The van der Waals surface area contributed by atoms with Crippen LogP contribution < -0.4 is 0 Å². The molecule has 6 heteroatoms. The number of carbonyl (C=O) groups excluding carboxylic acids is 3. The first-order chi connectivity index (χ1) is 34.0. The van der Waals surface area contributed by atoms with Crippen LogP contribution in [-0.2, 0) is 28.6 Å². The number of hydrogen-bond donors (Lipinski definition) is 0. The second-order valence-corrected chi connectivity index (χ2v) is 19.5. The van der Waals surface area contributed by atoms with Crippen LogP contribution in [0.2, 0.25) is 0 Å². The van der Waals surface area contributed by atoms with Gasteiger partial charge in [0.2, 0.25) is 0 Å². The molecule has 0 radical (unpaired) electrons. The van der Waals surface area contributed by atoms with E-state index < -0.39 is 6.10 Å². The summed E-state index contributed by atoms with van der Waals surface area (Å²) in [5.41, 5.74) is 0. The van der Waals surface area contributed by atoms with E-state index in [1.54, 1.807) is 0 Å². The summed E-state index contributed by atoms with van der Waals surface area (Å²) in [7, 11) is 0. The Morgan fingerprint density at radius 3 is 0.957 bits per heavy atom. The van der Waals surface area contributed by atoms with Crippen LogP contribution >= 0.6 is 0 Å². The Balaban J connectivity index is 4.43. The molecule has 0 saturated carbocycles. The molecule has 6 nitrogen and oxygen atoms in total. The molecule has 0 bridgehead atoms. The van der Waals surface area contributed by atoms with E-state index in [2.05, 4.69) is 93.7 Å². The number of carbonyl (C=O) groups is 3. The summed E-state index contributed by atoms with van der Waals surface area (Å²) in [4.78, 5) is 38.2. The maximum atomic E-state index is 12.8. The lowest BCUT2D eigenvalue weighted by Gasteiger charge is -2.18. The maximum Gasteiger partial charge on any atom is 0.306 e. The first-order valence-corrected chi connectivity index (χ1v) is 29.4. The highest BCUT2D eigenvalue weighted by molar-refractivity contribution is 5.71. The van der Waals surface area contributed by atoms with Gasteiger partial charge in [-0.05, 0) is 83.5 Å². The van der Waals surface area contributed by atoms with Crippen molar-refractivity contribution in [3.8, 4) is 0 Å². The molecule has 0 rings (SSSR count). The van der Waals surface area contributed by atoms with Gasteiger partial charge in [0.25, 0.3) is 0 Å². The smallest absolute Gasteiger partial charge is 0.306 e. The Morgan fingerprint density at radius 2 is 0.580 bits per heavy atom. The van der Waals surface area contributed by atoms with Crippen LogP contribution in [0.4, 0.5) is 0 Å². The summed E-state index contributed by atoms with van der Waals surface area (Å²) in [5, 5.41) is 0. The first-order valence-electron chi connectivity index (χ1n) is 29.4. The van der Waals surface area contributed by atoms with E-state index in [1.807, 2.05) is 0 Å². The third-order valence-corrected chi connectivity index (χ3v) is 12.7. The Kier molecular flexibility index (Phi) is 54.8. The fraction of sp³-hybridized carbons (Fsp3) is 0.762. The summed E-state index contributed by atoms with van der Waals surface area (Å²) < 4.78 is 16.8. The van der Waals surface area contributed by atoms with E-state index in [4.69, 9.17) is 14.2 Å². The quantitative estimate of drug-likeness (QED) is 0.0262. The number of unbranched alkanes of at least 4 members (excludes halogenated alkanes) is 30. The molecule has 0 spiro atoms. The second-order valence-electron chi connectivity index (χ2n) is 19.5. The zero-order valence-electron chi connectivity index (χ0n) is 45.6. The lowest BCUT2D eigenvalue weighted by molar-refractivity contribution is -0.167. The highest BCUT2D eigenvalue weighted by atomic mass is 16.6. The molecule has 0 unspecified atom stereocenters. The van der Waals surface area contributed by atoms with Gasteiger partial charge in [0.15, 0.2) is 6.10 Å². The van der Waals surface area contributed by atoms with Crippen molar-refractivity contribution in [2.45, 2.75) is 297 Å². The topological polar surface area (TPSA) is 78.9 Å². The molecular weight excluding hydrogens is 853 g/mol. The fourth-order valence-corrected chi connectivity index (χ4v) is 8.30. The standard InChI is InChI=1S/C63H110O6/c1-4-7-10-13-16-19-22-25-28-30-31-33-35-38-41-44-47-50-53-56-62(65)68-59-60(58-67-61(64)55-52-49-46-43-40-37-34-27-24-21-18-15-12-9-6-3)69-63(66)57-54-51-48-45-42-39-36-32-29-26-23-20-17-14-11-8-5-2/h8,11,17,20-21,24,26,29,36,39,45,48,60H,4-7,9-10,12-16,18-19,22-23,25,27-28,30-35,37-38,40-44,46-47,49-59H2,1-3H3/b11-8-,20-17-,24-21-,29-26-,39-36-,48-45-/t60-/m1/s1. The van der Waals surface area contributed by atoms with Gasteiger partial charge < -0.3 is 14.2 Å². The van der Waals surface area contributed by atoms with Crippen molar-refractivity contribution in [3.63, 3.8) is 0 Å². The molecule has 0 aromatic rings. The molecule has 0 fully saturated rings. The Labute approximate surface area is 427 Å². The highest BCUT2D eigenvalue weighted by Crippen LogP contribution is 2.16. The molecule has 0 aliphatic carbocycles. The number of hydrogen-bond acceptors (Lipinski definition) is 6. The van der Waals surface area contributed by atoms with Gasteiger partial charge in [-0.25, -0.2) is 0 Å². The van der Waals surface area contributed by atoms with Gasteiger partial charge in [-0.2, -0.15) is 0 Å². The average molecular weight is 964 g/mol. The van der Waals surface area contributed by atoms with Crippen molar-refractivity contribution in [2.24, 2.45) is 0 Å². The SMILES string of the molecule is CC/C=C\C/C=C\C/C=C\C/C=C\C/C=C\CCCC(=O)O[C@H](COC(=O)CCCCCCCCC/C=C\CCCCCC)COC(=O)CCCCCCCCCCCCCCCCCCCCC. The largest absolute Gasteiger partial charge is 0.462 e. The summed E-state index contributed by atoms with van der Waals surface area (Å²) in [6.07, 6.45) is 73.3. The minimum absolute atomic E-state index is 0.0967. The van der Waals surface area contributed by atoms with Crippen LogP contribution in [0.3, 0.4) is 0 Å². The Hall–Kier alpha value is -3.15. The van der Waals surface area contributed by atoms with Gasteiger partial charge in [-0.1, -0.05) is 261 Å². The zero-order chi connectivity index (χ0) is 50.0. The van der Waals surface area contributed by atoms with E-state index in [9.17, 15) is 14.4 Å². The third kappa shape index (κ3) is 55.6. The van der Waals surface area contributed by atoms with E-state index >= 15 is 0 Å². The lowest BCUT2D eigenvalue weighted by Crippen LogP contribution is -2.30. The molecule has 1 atom stereocenters. The molecule has 0 aliphatic rings. The third-order valence-electron chi connectivity index (χ3n) is 12.7. The molecule has 0 saturated heterocycles. The van der Waals surface area contributed by atoms with Crippen molar-refractivity contribution in [1.82, 2.24) is 0 Å². The highest BCUT2D eigenvalue weighted by Gasteiger charge is 2.19. The van der Waals surface area contributed by atoms with Gasteiger partial charge in [-0.3, -0.25) is 14.4 Å². The van der Waals surface area contributed by atoms with Gasteiger partial charge in [0.05, 0.1) is 0 Å². The summed E-state index contributed by atoms with van der Waals surface area (Å²) in [6.45, 7) is 6.49. The average Bonchev–Trinajstić information content (AvgIpc) is 3.35. The molecular formula is C63H110O6. The predicted molar refractivity (Wildman–Crippen MR) is 298 cm³/mol. The van der Waals surface area contributed by atoms with Crippen LogP contribution in [0.5, 0.6) is 0 Å². The van der Waals surface area contributed by atoms with Crippen LogP contribution in [0.15, 0.2) is 72.9 Å². The van der Waals surface area contributed by atoms with Crippen molar-refractivity contribution >= 4 is 17.9 Å². The van der Waals surface area contributed by atoms with Crippen LogP contribution in [0.25, 0.3) is 0 Å². The van der Waals surface area contributed by atoms with Gasteiger partial charge in [-0.15, -0.1) is 0 Å². The molecule has 398 valence electrons. The summed E-state index contributed by atoms with van der Waals surface area (Å²) >= 11 is 0.